The number of hydrogen-bond donors (Lipinski definition) is 2. The third kappa shape index (κ3) is 2.00. The number of benzene rings is 1. The first-order chi connectivity index (χ1) is 6.02. The van der Waals surface area contributed by atoms with Gasteiger partial charge in [-0.2, -0.15) is 0 Å². The van der Waals surface area contributed by atoms with Crippen molar-refractivity contribution in [1.82, 2.24) is 0 Å². The first-order valence-electron chi connectivity index (χ1n) is 3.43. The highest BCUT2D eigenvalue weighted by Gasteiger charge is 2.11. The van der Waals surface area contributed by atoms with Crippen LogP contribution in [0.1, 0.15) is 5.56 Å². The van der Waals surface area contributed by atoms with E-state index < -0.39 is 5.24 Å². The number of aromatic hydroxyl groups is 2. The summed E-state index contributed by atoms with van der Waals surface area (Å²) < 4.78 is 0. The van der Waals surface area contributed by atoms with E-state index in [0.29, 0.717) is 0 Å². The van der Waals surface area contributed by atoms with Gasteiger partial charge < -0.3 is 10.2 Å². The van der Waals surface area contributed by atoms with Crippen molar-refractivity contribution in [3.63, 3.8) is 0 Å². The van der Waals surface area contributed by atoms with Crippen molar-refractivity contribution in [3.05, 3.63) is 30.3 Å². The summed E-state index contributed by atoms with van der Waals surface area (Å²) in [5, 5.41) is 17.6. The van der Waals surface area contributed by atoms with Gasteiger partial charge in [-0.25, -0.2) is 0 Å². The number of carbonyl (C=O) groups is 1. The molecule has 4 heteroatoms. The van der Waals surface area contributed by atoms with Crippen LogP contribution in [0, 0.1) is 0 Å². The van der Waals surface area contributed by atoms with Crippen LogP contribution in [0.3, 0.4) is 0 Å². The van der Waals surface area contributed by atoms with Gasteiger partial charge in [0.15, 0.2) is 0 Å². The lowest BCUT2D eigenvalue weighted by Crippen LogP contribution is -1.91. The second kappa shape index (κ2) is 3.49. The lowest BCUT2D eigenvalue weighted by Gasteiger charge is -2.03. The lowest BCUT2D eigenvalue weighted by molar-refractivity contribution is -0.106. The third-order valence-corrected chi connectivity index (χ3v) is 1.77. The van der Waals surface area contributed by atoms with E-state index in [0.717, 1.165) is 0 Å². The first-order valence-corrected chi connectivity index (χ1v) is 3.81. The van der Waals surface area contributed by atoms with Crippen LogP contribution in [0.15, 0.2) is 24.8 Å². The molecule has 1 aromatic carbocycles. The predicted octanol–water partition coefficient (Wildman–Crippen LogP) is 1.88. The van der Waals surface area contributed by atoms with Crippen molar-refractivity contribution in [2.45, 2.75) is 0 Å². The third-order valence-electron chi connectivity index (χ3n) is 1.54. The molecular formula is C9H7ClO3. The Morgan fingerprint density at radius 3 is 2.54 bits per heavy atom. The maximum Gasteiger partial charge on any atom is 0.252 e. The standard InChI is InChI=1S/C9H7ClO3/c1-5(9(10)13)7-4-6(11)2-3-8(7)12/h2-4,11-12H,1H2. The lowest BCUT2D eigenvalue weighted by atomic mass is 10.1. The molecule has 0 saturated heterocycles. The number of carbonyl (C=O) groups excluding carboxylic acids is 1. The summed E-state index contributed by atoms with van der Waals surface area (Å²) in [7, 11) is 0. The summed E-state index contributed by atoms with van der Waals surface area (Å²) in [5.74, 6) is -0.205. The van der Waals surface area contributed by atoms with E-state index in [2.05, 4.69) is 6.58 Å². The van der Waals surface area contributed by atoms with E-state index in [1.807, 2.05) is 0 Å². The second-order valence-corrected chi connectivity index (χ2v) is 2.80. The largest absolute Gasteiger partial charge is 0.508 e. The molecule has 0 amide bonds. The summed E-state index contributed by atoms with van der Waals surface area (Å²) in [6.45, 7) is 3.37. The Hall–Kier alpha value is -1.48. The molecule has 0 unspecified atom stereocenters. The van der Waals surface area contributed by atoms with Crippen molar-refractivity contribution >= 4 is 22.4 Å². The second-order valence-electron chi connectivity index (χ2n) is 2.45. The minimum Gasteiger partial charge on any atom is -0.508 e. The number of rotatable bonds is 2. The van der Waals surface area contributed by atoms with Crippen LogP contribution >= 0.6 is 11.6 Å². The van der Waals surface area contributed by atoms with Gasteiger partial charge in [0.25, 0.3) is 5.24 Å². The van der Waals surface area contributed by atoms with Crippen LogP contribution in [0.25, 0.3) is 5.57 Å². The molecule has 1 rings (SSSR count). The fourth-order valence-electron chi connectivity index (χ4n) is 0.872. The normalized spacial score (nSPS) is 9.62. The molecule has 0 aliphatic rings. The van der Waals surface area contributed by atoms with Crippen molar-refractivity contribution in [1.29, 1.82) is 0 Å². The fourth-order valence-corrected chi connectivity index (χ4v) is 0.973. The van der Waals surface area contributed by atoms with Crippen molar-refractivity contribution in [3.8, 4) is 11.5 Å². The van der Waals surface area contributed by atoms with E-state index in [9.17, 15) is 9.90 Å². The molecule has 2 N–H and O–H groups in total. The molecule has 3 nitrogen and oxygen atoms in total. The van der Waals surface area contributed by atoms with Crippen LogP contribution in [0.4, 0.5) is 0 Å². The molecule has 0 fully saturated rings. The zero-order chi connectivity index (χ0) is 10.0. The van der Waals surface area contributed by atoms with Gasteiger partial charge in [0, 0.05) is 11.1 Å². The molecular weight excluding hydrogens is 192 g/mol. The Morgan fingerprint density at radius 2 is 2.00 bits per heavy atom. The molecule has 0 radical (unpaired) electrons. The van der Waals surface area contributed by atoms with Crippen molar-refractivity contribution in [2.24, 2.45) is 0 Å². The Labute approximate surface area is 79.9 Å². The summed E-state index contributed by atoms with van der Waals surface area (Å²) in [6.07, 6.45) is 0. The minimum atomic E-state index is -0.763. The first kappa shape index (κ1) is 9.61. The average Bonchev–Trinajstić information content (AvgIpc) is 2.08. The van der Waals surface area contributed by atoms with Gasteiger partial charge in [0.2, 0.25) is 0 Å². The zero-order valence-electron chi connectivity index (χ0n) is 6.62. The molecule has 13 heavy (non-hydrogen) atoms. The van der Waals surface area contributed by atoms with Gasteiger partial charge in [-0.15, -0.1) is 0 Å². The number of phenolic OH excluding ortho intramolecular Hbond substituents is 2. The smallest absolute Gasteiger partial charge is 0.252 e. The van der Waals surface area contributed by atoms with Crippen molar-refractivity contribution < 1.29 is 15.0 Å². The molecule has 68 valence electrons. The average molecular weight is 199 g/mol. The highest BCUT2D eigenvalue weighted by Crippen LogP contribution is 2.28. The van der Waals surface area contributed by atoms with Crippen molar-refractivity contribution in [2.75, 3.05) is 0 Å². The maximum atomic E-state index is 10.7. The summed E-state index contributed by atoms with van der Waals surface area (Å²) in [6, 6.07) is 3.78. The molecule has 0 saturated carbocycles. The van der Waals surface area contributed by atoms with Gasteiger partial charge in [-0.3, -0.25) is 4.79 Å². The number of hydrogen-bond acceptors (Lipinski definition) is 3. The quantitative estimate of drug-likeness (QED) is 0.433. The number of phenols is 2. The Morgan fingerprint density at radius 1 is 1.38 bits per heavy atom. The molecule has 0 heterocycles. The maximum absolute atomic E-state index is 10.7. The molecule has 0 spiro atoms. The molecule has 0 aliphatic carbocycles. The molecule has 0 atom stereocenters. The van der Waals surface area contributed by atoms with Crippen LogP contribution in [0.2, 0.25) is 0 Å². The Balaban J connectivity index is 3.21. The molecule has 0 aliphatic heterocycles. The van der Waals surface area contributed by atoms with Gasteiger partial charge in [0.1, 0.15) is 11.5 Å². The number of halogens is 1. The van der Waals surface area contributed by atoms with Gasteiger partial charge in [-0.1, -0.05) is 6.58 Å². The minimum absolute atomic E-state index is 0.0462. The monoisotopic (exact) mass is 198 g/mol. The van der Waals surface area contributed by atoms with E-state index >= 15 is 0 Å². The van der Waals surface area contributed by atoms with E-state index in [-0.39, 0.29) is 22.6 Å². The molecule has 0 bridgehead atoms. The van der Waals surface area contributed by atoms with Gasteiger partial charge >= 0.3 is 0 Å². The van der Waals surface area contributed by atoms with E-state index in [1.165, 1.54) is 18.2 Å². The SMILES string of the molecule is C=C(C(=O)Cl)c1cc(O)ccc1O. The predicted molar refractivity (Wildman–Crippen MR) is 49.7 cm³/mol. The van der Waals surface area contributed by atoms with E-state index in [4.69, 9.17) is 16.7 Å². The molecule has 0 aromatic heterocycles. The van der Waals surface area contributed by atoms with Crippen LogP contribution < -0.4 is 0 Å². The summed E-state index contributed by atoms with van der Waals surface area (Å²) in [5.41, 5.74) is 0.0927. The Kier molecular flexibility index (Phi) is 2.58. The summed E-state index contributed by atoms with van der Waals surface area (Å²) >= 11 is 5.16. The highest BCUT2D eigenvalue weighted by molar-refractivity contribution is 6.74. The fraction of sp³-hybridized carbons (Fsp3) is 0. The Bertz CT molecular complexity index is 371. The number of allylic oxidation sites excluding steroid dienone is 1. The molecule has 1 aromatic rings. The van der Waals surface area contributed by atoms with Gasteiger partial charge in [-0.05, 0) is 29.8 Å². The topological polar surface area (TPSA) is 57.5 Å². The summed E-state index contributed by atoms with van der Waals surface area (Å²) in [4.78, 5) is 10.7. The van der Waals surface area contributed by atoms with Gasteiger partial charge in [0.05, 0.1) is 0 Å². The highest BCUT2D eigenvalue weighted by atomic mass is 35.5. The van der Waals surface area contributed by atoms with Crippen LogP contribution in [-0.4, -0.2) is 15.5 Å². The van der Waals surface area contributed by atoms with E-state index in [1.54, 1.807) is 0 Å². The van der Waals surface area contributed by atoms with Crippen LogP contribution in [0.5, 0.6) is 11.5 Å². The zero-order valence-corrected chi connectivity index (χ0v) is 7.38. The van der Waals surface area contributed by atoms with Crippen LogP contribution in [-0.2, 0) is 4.79 Å².